The standard InChI is InChI=1S/C15H24N2/c1-11(2)14-5-7-15(8-6-14)17-12(3)9-16-10-13(17)4/h5-8,11-13,16H,9-10H2,1-4H3. The molecule has 1 heterocycles. The van der Waals surface area contributed by atoms with Crippen LogP contribution in [0, 0.1) is 0 Å². The van der Waals surface area contributed by atoms with Gasteiger partial charge in [-0.1, -0.05) is 26.0 Å². The topological polar surface area (TPSA) is 15.3 Å². The lowest BCUT2D eigenvalue weighted by molar-refractivity contribution is 0.432. The first-order valence-electron chi connectivity index (χ1n) is 6.68. The highest BCUT2D eigenvalue weighted by Gasteiger charge is 2.24. The Morgan fingerprint density at radius 2 is 1.59 bits per heavy atom. The molecule has 1 saturated heterocycles. The van der Waals surface area contributed by atoms with E-state index < -0.39 is 0 Å². The Morgan fingerprint density at radius 1 is 1.06 bits per heavy atom. The lowest BCUT2D eigenvalue weighted by atomic mass is 10.0. The van der Waals surface area contributed by atoms with Gasteiger partial charge in [0.15, 0.2) is 0 Å². The molecule has 1 aliphatic rings. The molecule has 0 aromatic heterocycles. The number of nitrogens with zero attached hydrogens (tertiary/aromatic N) is 1. The van der Waals surface area contributed by atoms with Gasteiger partial charge in [0.25, 0.3) is 0 Å². The van der Waals surface area contributed by atoms with Crippen molar-refractivity contribution in [3.63, 3.8) is 0 Å². The zero-order valence-corrected chi connectivity index (χ0v) is 11.4. The minimum atomic E-state index is 0.573. The predicted octanol–water partition coefficient (Wildman–Crippen LogP) is 3.00. The van der Waals surface area contributed by atoms with Crippen molar-refractivity contribution in [1.29, 1.82) is 0 Å². The summed E-state index contributed by atoms with van der Waals surface area (Å²) < 4.78 is 0. The highest BCUT2D eigenvalue weighted by molar-refractivity contribution is 5.50. The summed E-state index contributed by atoms with van der Waals surface area (Å²) in [4.78, 5) is 2.53. The fourth-order valence-corrected chi connectivity index (χ4v) is 2.67. The normalized spacial score (nSPS) is 25.4. The van der Waals surface area contributed by atoms with E-state index in [4.69, 9.17) is 0 Å². The van der Waals surface area contributed by atoms with Crippen molar-refractivity contribution >= 4 is 5.69 Å². The summed E-state index contributed by atoms with van der Waals surface area (Å²) in [5.74, 6) is 0.613. The van der Waals surface area contributed by atoms with Crippen LogP contribution in [0.1, 0.15) is 39.2 Å². The fraction of sp³-hybridized carbons (Fsp3) is 0.600. The number of anilines is 1. The van der Waals surface area contributed by atoms with E-state index in [1.54, 1.807) is 0 Å². The van der Waals surface area contributed by atoms with Gasteiger partial charge in [0.05, 0.1) is 0 Å². The maximum atomic E-state index is 3.47. The molecule has 94 valence electrons. The molecule has 0 spiro atoms. The quantitative estimate of drug-likeness (QED) is 0.843. The molecule has 2 unspecified atom stereocenters. The summed E-state index contributed by atoms with van der Waals surface area (Å²) in [6, 6.07) is 10.2. The van der Waals surface area contributed by atoms with Crippen LogP contribution in [0.15, 0.2) is 24.3 Å². The zero-order chi connectivity index (χ0) is 12.4. The van der Waals surface area contributed by atoms with Gasteiger partial charge in [0.1, 0.15) is 0 Å². The van der Waals surface area contributed by atoms with Crippen LogP contribution in [0.4, 0.5) is 5.69 Å². The van der Waals surface area contributed by atoms with Crippen LogP contribution in [0.2, 0.25) is 0 Å². The molecular weight excluding hydrogens is 208 g/mol. The summed E-state index contributed by atoms with van der Waals surface area (Å²) in [5.41, 5.74) is 2.78. The van der Waals surface area contributed by atoms with Gasteiger partial charge in [0.2, 0.25) is 0 Å². The largest absolute Gasteiger partial charge is 0.364 e. The van der Waals surface area contributed by atoms with Crippen molar-refractivity contribution in [2.75, 3.05) is 18.0 Å². The first-order chi connectivity index (χ1) is 8.09. The average Bonchev–Trinajstić information content (AvgIpc) is 2.29. The maximum Gasteiger partial charge on any atom is 0.0389 e. The van der Waals surface area contributed by atoms with Crippen LogP contribution in [0.25, 0.3) is 0 Å². The highest BCUT2D eigenvalue weighted by atomic mass is 15.2. The van der Waals surface area contributed by atoms with Gasteiger partial charge in [-0.15, -0.1) is 0 Å². The van der Waals surface area contributed by atoms with E-state index in [2.05, 4.69) is 62.2 Å². The van der Waals surface area contributed by atoms with E-state index in [-0.39, 0.29) is 0 Å². The Kier molecular flexibility index (Phi) is 3.72. The average molecular weight is 232 g/mol. The Morgan fingerprint density at radius 3 is 2.06 bits per heavy atom. The minimum absolute atomic E-state index is 0.573. The SMILES string of the molecule is CC(C)c1ccc(N2C(C)CNCC2C)cc1. The molecule has 1 N–H and O–H groups in total. The molecular formula is C15H24N2. The summed E-state index contributed by atoms with van der Waals surface area (Å²) in [6.07, 6.45) is 0. The van der Waals surface area contributed by atoms with E-state index in [1.807, 2.05) is 0 Å². The second-order valence-corrected chi connectivity index (χ2v) is 5.51. The van der Waals surface area contributed by atoms with Crippen molar-refractivity contribution in [2.24, 2.45) is 0 Å². The van der Waals surface area contributed by atoms with E-state index in [9.17, 15) is 0 Å². The Balaban J connectivity index is 2.20. The van der Waals surface area contributed by atoms with E-state index in [1.165, 1.54) is 11.3 Å². The molecule has 1 aliphatic heterocycles. The number of rotatable bonds is 2. The first-order valence-corrected chi connectivity index (χ1v) is 6.68. The molecule has 0 aliphatic carbocycles. The van der Waals surface area contributed by atoms with E-state index >= 15 is 0 Å². The van der Waals surface area contributed by atoms with E-state index in [0.717, 1.165) is 13.1 Å². The summed E-state index contributed by atoms with van der Waals surface area (Å²) in [6.45, 7) is 11.2. The van der Waals surface area contributed by atoms with Crippen molar-refractivity contribution in [3.05, 3.63) is 29.8 Å². The third kappa shape index (κ3) is 2.63. The van der Waals surface area contributed by atoms with Gasteiger partial charge in [-0.05, 0) is 37.5 Å². The van der Waals surface area contributed by atoms with Gasteiger partial charge >= 0.3 is 0 Å². The number of piperazine rings is 1. The fourth-order valence-electron chi connectivity index (χ4n) is 2.67. The van der Waals surface area contributed by atoms with Crippen molar-refractivity contribution in [2.45, 2.75) is 45.7 Å². The summed E-state index contributed by atoms with van der Waals surface area (Å²) in [7, 11) is 0. The molecule has 1 aromatic rings. The first kappa shape index (κ1) is 12.4. The van der Waals surface area contributed by atoms with Crippen LogP contribution >= 0.6 is 0 Å². The summed E-state index contributed by atoms with van der Waals surface area (Å²) >= 11 is 0. The molecule has 1 aromatic carbocycles. The van der Waals surface area contributed by atoms with Gasteiger partial charge in [-0.25, -0.2) is 0 Å². The van der Waals surface area contributed by atoms with Crippen molar-refractivity contribution < 1.29 is 0 Å². The minimum Gasteiger partial charge on any atom is -0.364 e. The second-order valence-electron chi connectivity index (χ2n) is 5.51. The van der Waals surface area contributed by atoms with Crippen molar-refractivity contribution in [3.8, 4) is 0 Å². The third-order valence-electron chi connectivity index (χ3n) is 3.69. The zero-order valence-electron chi connectivity index (χ0n) is 11.4. The molecule has 2 nitrogen and oxygen atoms in total. The predicted molar refractivity (Wildman–Crippen MR) is 74.8 cm³/mol. The molecule has 1 fully saturated rings. The monoisotopic (exact) mass is 232 g/mol. The molecule has 17 heavy (non-hydrogen) atoms. The van der Waals surface area contributed by atoms with Gasteiger partial charge in [0, 0.05) is 30.9 Å². The Bertz CT molecular complexity index is 346. The molecule has 0 amide bonds. The molecule has 0 saturated carbocycles. The van der Waals surface area contributed by atoms with Crippen LogP contribution in [-0.4, -0.2) is 25.2 Å². The highest BCUT2D eigenvalue weighted by Crippen LogP contribution is 2.24. The third-order valence-corrected chi connectivity index (χ3v) is 3.69. The molecule has 0 radical (unpaired) electrons. The van der Waals surface area contributed by atoms with Crippen LogP contribution in [-0.2, 0) is 0 Å². The van der Waals surface area contributed by atoms with Crippen LogP contribution < -0.4 is 10.2 Å². The number of hydrogen-bond donors (Lipinski definition) is 1. The lowest BCUT2D eigenvalue weighted by Gasteiger charge is -2.41. The maximum absolute atomic E-state index is 3.47. The second kappa shape index (κ2) is 5.09. The van der Waals surface area contributed by atoms with Crippen LogP contribution in [0.3, 0.4) is 0 Å². The van der Waals surface area contributed by atoms with Gasteiger partial charge in [-0.3, -0.25) is 0 Å². The molecule has 0 bridgehead atoms. The smallest absolute Gasteiger partial charge is 0.0389 e. The number of benzene rings is 1. The Hall–Kier alpha value is -1.02. The summed E-state index contributed by atoms with van der Waals surface area (Å²) in [5, 5.41) is 3.47. The Labute approximate surface area is 105 Å². The van der Waals surface area contributed by atoms with E-state index in [0.29, 0.717) is 18.0 Å². The lowest BCUT2D eigenvalue weighted by Crippen LogP contribution is -2.55. The van der Waals surface area contributed by atoms with Gasteiger partial charge < -0.3 is 10.2 Å². The van der Waals surface area contributed by atoms with Crippen molar-refractivity contribution in [1.82, 2.24) is 5.32 Å². The van der Waals surface area contributed by atoms with Crippen LogP contribution in [0.5, 0.6) is 0 Å². The number of hydrogen-bond acceptors (Lipinski definition) is 2. The molecule has 2 heteroatoms. The number of nitrogens with one attached hydrogen (secondary N) is 1. The van der Waals surface area contributed by atoms with Gasteiger partial charge in [-0.2, -0.15) is 0 Å². The molecule has 2 atom stereocenters. The molecule has 2 rings (SSSR count).